The number of hydrogen-bond acceptors (Lipinski definition) is 4. The lowest BCUT2D eigenvalue weighted by Gasteiger charge is -2.28. The van der Waals surface area contributed by atoms with Crippen LogP contribution >= 0.6 is 22.9 Å². The Morgan fingerprint density at radius 2 is 2.12 bits per heavy atom. The number of benzene rings is 1. The van der Waals surface area contributed by atoms with Crippen molar-refractivity contribution in [1.29, 1.82) is 0 Å². The third-order valence-corrected chi connectivity index (χ3v) is 4.39. The summed E-state index contributed by atoms with van der Waals surface area (Å²) < 4.78 is 1.12. The van der Waals surface area contributed by atoms with Crippen molar-refractivity contribution in [3.63, 3.8) is 0 Å². The highest BCUT2D eigenvalue weighted by molar-refractivity contribution is 7.22. The van der Waals surface area contributed by atoms with Gasteiger partial charge in [-0.25, -0.2) is 4.98 Å². The van der Waals surface area contributed by atoms with Gasteiger partial charge >= 0.3 is 0 Å². The molecule has 0 bridgehead atoms. The van der Waals surface area contributed by atoms with E-state index < -0.39 is 0 Å². The number of nitrogens with zero attached hydrogens (tertiary/aromatic N) is 2. The number of piperidine rings is 1. The fourth-order valence-electron chi connectivity index (χ4n) is 2.08. The average Bonchev–Trinajstić information content (AvgIpc) is 2.72. The minimum atomic E-state index is -0.143. The molecule has 1 aliphatic rings. The van der Waals surface area contributed by atoms with Crippen LogP contribution in [0.3, 0.4) is 0 Å². The molecule has 0 radical (unpaired) electrons. The number of anilines is 1. The topological polar surface area (TPSA) is 36.4 Å². The maximum absolute atomic E-state index is 9.49. The number of fused-ring (bicyclic) bond motifs is 1. The molecular formula is C12H13ClN2OS. The lowest BCUT2D eigenvalue weighted by atomic mass is 10.1. The van der Waals surface area contributed by atoms with E-state index in [1.165, 1.54) is 0 Å². The summed E-state index contributed by atoms with van der Waals surface area (Å²) in [5.74, 6) is 0. The number of halogens is 1. The lowest BCUT2D eigenvalue weighted by Crippen LogP contribution is -2.35. The molecule has 1 N–H and O–H groups in total. The van der Waals surface area contributed by atoms with Gasteiger partial charge in [0.05, 0.1) is 16.3 Å². The number of hydrogen-bond donors (Lipinski definition) is 1. The van der Waals surface area contributed by atoms with Gasteiger partial charge < -0.3 is 10.0 Å². The molecule has 0 saturated carbocycles. The van der Waals surface area contributed by atoms with Crippen LogP contribution in [-0.4, -0.2) is 29.3 Å². The van der Waals surface area contributed by atoms with Crippen molar-refractivity contribution in [2.75, 3.05) is 18.0 Å². The van der Waals surface area contributed by atoms with Gasteiger partial charge in [-0.1, -0.05) is 22.9 Å². The van der Waals surface area contributed by atoms with E-state index in [4.69, 9.17) is 11.6 Å². The van der Waals surface area contributed by atoms with Gasteiger partial charge in [-0.2, -0.15) is 0 Å². The predicted octanol–water partition coefficient (Wildman–Crippen LogP) is 2.91. The van der Waals surface area contributed by atoms with E-state index in [9.17, 15) is 5.11 Å². The minimum Gasteiger partial charge on any atom is -0.393 e. The number of aromatic nitrogens is 1. The van der Waals surface area contributed by atoms with Gasteiger partial charge in [0.15, 0.2) is 5.13 Å². The van der Waals surface area contributed by atoms with Gasteiger partial charge in [0.25, 0.3) is 0 Å². The van der Waals surface area contributed by atoms with Crippen molar-refractivity contribution in [2.24, 2.45) is 0 Å². The van der Waals surface area contributed by atoms with E-state index in [-0.39, 0.29) is 6.10 Å². The molecule has 1 aromatic heterocycles. The number of rotatable bonds is 1. The van der Waals surface area contributed by atoms with E-state index in [1.807, 2.05) is 18.2 Å². The summed E-state index contributed by atoms with van der Waals surface area (Å²) in [5.41, 5.74) is 1.00. The highest BCUT2D eigenvalue weighted by Gasteiger charge is 2.19. The summed E-state index contributed by atoms with van der Waals surface area (Å²) in [6, 6.07) is 5.78. The molecule has 0 aliphatic carbocycles. The molecule has 0 atom stereocenters. The highest BCUT2D eigenvalue weighted by atomic mass is 35.5. The SMILES string of the molecule is OC1CCN(c2nc3ccc(Cl)cc3s2)CC1. The van der Waals surface area contributed by atoms with Crippen LogP contribution in [0.1, 0.15) is 12.8 Å². The van der Waals surface area contributed by atoms with Gasteiger partial charge in [-0.3, -0.25) is 0 Å². The van der Waals surface area contributed by atoms with Crippen LogP contribution in [0.15, 0.2) is 18.2 Å². The second kappa shape index (κ2) is 4.44. The Labute approximate surface area is 109 Å². The molecule has 1 fully saturated rings. The summed E-state index contributed by atoms with van der Waals surface area (Å²) in [6.45, 7) is 1.77. The molecule has 17 heavy (non-hydrogen) atoms. The van der Waals surface area contributed by atoms with Crippen LogP contribution in [0, 0.1) is 0 Å². The molecule has 0 spiro atoms. The van der Waals surface area contributed by atoms with E-state index in [0.29, 0.717) is 0 Å². The average molecular weight is 269 g/mol. The predicted molar refractivity (Wildman–Crippen MR) is 72.1 cm³/mol. The fraction of sp³-hybridized carbons (Fsp3) is 0.417. The third-order valence-electron chi connectivity index (χ3n) is 3.07. The normalized spacial score (nSPS) is 17.9. The third kappa shape index (κ3) is 2.25. The molecule has 1 aromatic carbocycles. The summed E-state index contributed by atoms with van der Waals surface area (Å²) >= 11 is 7.63. The molecule has 2 heterocycles. The summed E-state index contributed by atoms with van der Waals surface area (Å²) in [5, 5.41) is 11.3. The first kappa shape index (κ1) is 11.3. The van der Waals surface area contributed by atoms with Crippen molar-refractivity contribution >= 4 is 38.3 Å². The molecule has 5 heteroatoms. The first-order valence-corrected chi connectivity index (χ1v) is 6.91. The van der Waals surface area contributed by atoms with E-state index in [0.717, 1.165) is 46.3 Å². The van der Waals surface area contributed by atoms with Crippen LogP contribution in [0.2, 0.25) is 5.02 Å². The van der Waals surface area contributed by atoms with Gasteiger partial charge in [0.2, 0.25) is 0 Å². The van der Waals surface area contributed by atoms with Gasteiger partial charge in [-0.15, -0.1) is 0 Å². The quantitative estimate of drug-likeness (QED) is 0.864. The second-order valence-corrected chi connectivity index (χ2v) is 5.77. The van der Waals surface area contributed by atoms with Gasteiger partial charge in [-0.05, 0) is 31.0 Å². The molecule has 2 aromatic rings. The Balaban J connectivity index is 1.90. The van der Waals surface area contributed by atoms with Crippen LogP contribution < -0.4 is 4.90 Å². The number of thiazole rings is 1. The van der Waals surface area contributed by atoms with E-state index in [2.05, 4.69) is 9.88 Å². The number of aliphatic hydroxyl groups excluding tert-OH is 1. The molecule has 0 amide bonds. The lowest BCUT2D eigenvalue weighted by molar-refractivity contribution is 0.145. The van der Waals surface area contributed by atoms with Crippen LogP contribution in [0.5, 0.6) is 0 Å². The van der Waals surface area contributed by atoms with Crippen LogP contribution in [0.25, 0.3) is 10.2 Å². The van der Waals surface area contributed by atoms with Gasteiger partial charge in [0.1, 0.15) is 0 Å². The molecule has 1 saturated heterocycles. The molecule has 0 unspecified atom stereocenters. The fourth-order valence-corrected chi connectivity index (χ4v) is 3.37. The molecule has 3 nitrogen and oxygen atoms in total. The molecule has 90 valence electrons. The van der Waals surface area contributed by atoms with Crippen molar-refractivity contribution in [1.82, 2.24) is 4.98 Å². The number of aliphatic hydroxyl groups is 1. The summed E-state index contributed by atoms with van der Waals surface area (Å²) in [7, 11) is 0. The Bertz CT molecular complexity index is 534. The van der Waals surface area contributed by atoms with Crippen molar-refractivity contribution in [2.45, 2.75) is 18.9 Å². The Morgan fingerprint density at radius 3 is 2.88 bits per heavy atom. The molecule has 1 aliphatic heterocycles. The smallest absolute Gasteiger partial charge is 0.186 e. The standard InChI is InChI=1S/C12H13ClN2OS/c13-8-1-2-10-11(7-8)17-12(14-10)15-5-3-9(16)4-6-15/h1-2,7,9,16H,3-6H2. The Hall–Kier alpha value is -0.840. The van der Waals surface area contributed by atoms with Crippen molar-refractivity contribution in [3.8, 4) is 0 Å². The van der Waals surface area contributed by atoms with E-state index in [1.54, 1.807) is 11.3 Å². The van der Waals surface area contributed by atoms with Crippen LogP contribution in [0.4, 0.5) is 5.13 Å². The maximum Gasteiger partial charge on any atom is 0.186 e. The zero-order valence-corrected chi connectivity index (χ0v) is 10.8. The Morgan fingerprint density at radius 1 is 1.35 bits per heavy atom. The van der Waals surface area contributed by atoms with Crippen molar-refractivity contribution < 1.29 is 5.11 Å². The monoisotopic (exact) mass is 268 g/mol. The van der Waals surface area contributed by atoms with E-state index >= 15 is 0 Å². The molecule has 3 rings (SSSR count). The Kier molecular flexibility index (Phi) is 2.94. The zero-order chi connectivity index (χ0) is 11.8. The summed E-state index contributed by atoms with van der Waals surface area (Å²) in [4.78, 5) is 6.85. The minimum absolute atomic E-state index is 0.143. The van der Waals surface area contributed by atoms with Crippen molar-refractivity contribution in [3.05, 3.63) is 23.2 Å². The molecular weight excluding hydrogens is 256 g/mol. The zero-order valence-electron chi connectivity index (χ0n) is 9.27. The van der Waals surface area contributed by atoms with Gasteiger partial charge in [0, 0.05) is 18.1 Å². The summed E-state index contributed by atoms with van der Waals surface area (Å²) in [6.07, 6.45) is 1.52. The first-order valence-electron chi connectivity index (χ1n) is 5.71. The first-order chi connectivity index (χ1) is 8.22. The second-order valence-electron chi connectivity index (χ2n) is 4.33. The van der Waals surface area contributed by atoms with Crippen LogP contribution in [-0.2, 0) is 0 Å². The maximum atomic E-state index is 9.49. The highest BCUT2D eigenvalue weighted by Crippen LogP contribution is 2.31. The largest absolute Gasteiger partial charge is 0.393 e.